The summed E-state index contributed by atoms with van der Waals surface area (Å²) in [4.78, 5) is 12.2. The summed E-state index contributed by atoms with van der Waals surface area (Å²) < 4.78 is 12.8. The zero-order valence-electron chi connectivity index (χ0n) is 11.7. The van der Waals surface area contributed by atoms with Gasteiger partial charge in [-0.15, -0.1) is 0 Å². The lowest BCUT2D eigenvalue weighted by Gasteiger charge is -2.30. The summed E-state index contributed by atoms with van der Waals surface area (Å²) in [5.41, 5.74) is 0.669. The number of rotatable bonds is 3. The van der Waals surface area contributed by atoms with E-state index in [0.29, 0.717) is 11.6 Å². The van der Waals surface area contributed by atoms with E-state index in [1.165, 1.54) is 25.0 Å². The van der Waals surface area contributed by atoms with E-state index in [9.17, 15) is 9.18 Å². The van der Waals surface area contributed by atoms with Crippen LogP contribution in [0.3, 0.4) is 0 Å². The first-order valence-electron chi connectivity index (χ1n) is 7.12. The van der Waals surface area contributed by atoms with E-state index < -0.39 is 0 Å². The minimum atomic E-state index is -0.285. The number of benzene rings is 1. The second-order valence-corrected chi connectivity index (χ2v) is 5.80. The van der Waals surface area contributed by atoms with Crippen molar-refractivity contribution in [1.29, 1.82) is 0 Å². The minimum Gasteiger partial charge on any atom is -0.326 e. The average molecular weight is 263 g/mol. The van der Waals surface area contributed by atoms with Crippen molar-refractivity contribution >= 4 is 11.6 Å². The Balaban J connectivity index is 1.90. The van der Waals surface area contributed by atoms with E-state index in [4.69, 9.17) is 0 Å². The molecule has 0 saturated heterocycles. The number of hydrogen-bond donors (Lipinski definition) is 1. The first kappa shape index (κ1) is 14.0. The molecule has 0 heterocycles. The molecule has 1 fully saturated rings. The third-order valence-electron chi connectivity index (χ3n) is 4.29. The Kier molecular flexibility index (Phi) is 4.56. The molecular weight excluding hydrogens is 241 g/mol. The molecule has 0 aliphatic heterocycles. The molecule has 1 aliphatic carbocycles. The van der Waals surface area contributed by atoms with Crippen LogP contribution < -0.4 is 5.32 Å². The van der Waals surface area contributed by atoms with Gasteiger partial charge in [0.05, 0.1) is 0 Å². The van der Waals surface area contributed by atoms with Gasteiger partial charge in [-0.05, 0) is 48.9 Å². The SMILES string of the molecule is CC1CCC([C@@H](C)C(=O)Nc2ccc(F)cc2)CC1. The second kappa shape index (κ2) is 6.18. The van der Waals surface area contributed by atoms with E-state index >= 15 is 0 Å². The fraction of sp³-hybridized carbons (Fsp3) is 0.562. The normalized spacial score (nSPS) is 24.8. The van der Waals surface area contributed by atoms with Crippen molar-refractivity contribution in [1.82, 2.24) is 0 Å². The van der Waals surface area contributed by atoms with Crippen molar-refractivity contribution in [2.75, 3.05) is 5.32 Å². The van der Waals surface area contributed by atoms with Gasteiger partial charge in [0, 0.05) is 11.6 Å². The van der Waals surface area contributed by atoms with Gasteiger partial charge in [0.2, 0.25) is 5.91 Å². The Morgan fingerprint density at radius 2 is 1.79 bits per heavy atom. The van der Waals surface area contributed by atoms with Crippen LogP contribution in [0.1, 0.15) is 39.5 Å². The molecule has 0 unspecified atom stereocenters. The summed E-state index contributed by atoms with van der Waals surface area (Å²) in [5.74, 6) is 1.07. The number of amides is 1. The summed E-state index contributed by atoms with van der Waals surface area (Å²) >= 11 is 0. The van der Waals surface area contributed by atoms with Crippen molar-refractivity contribution in [3.8, 4) is 0 Å². The molecule has 1 saturated carbocycles. The zero-order valence-corrected chi connectivity index (χ0v) is 11.7. The van der Waals surface area contributed by atoms with Crippen LogP contribution in [0.25, 0.3) is 0 Å². The van der Waals surface area contributed by atoms with Crippen molar-refractivity contribution in [3.05, 3.63) is 30.1 Å². The van der Waals surface area contributed by atoms with Gasteiger partial charge in [-0.2, -0.15) is 0 Å². The van der Waals surface area contributed by atoms with Gasteiger partial charge in [-0.3, -0.25) is 4.79 Å². The molecule has 2 rings (SSSR count). The van der Waals surface area contributed by atoms with Crippen molar-refractivity contribution in [3.63, 3.8) is 0 Å². The summed E-state index contributed by atoms with van der Waals surface area (Å²) in [6.45, 7) is 4.28. The van der Waals surface area contributed by atoms with Crippen molar-refractivity contribution in [2.45, 2.75) is 39.5 Å². The quantitative estimate of drug-likeness (QED) is 0.869. The van der Waals surface area contributed by atoms with Crippen LogP contribution in [-0.4, -0.2) is 5.91 Å². The van der Waals surface area contributed by atoms with Crippen LogP contribution in [0.5, 0.6) is 0 Å². The van der Waals surface area contributed by atoms with Gasteiger partial charge in [-0.25, -0.2) is 4.39 Å². The standard InChI is InChI=1S/C16H22FNO/c1-11-3-5-13(6-4-11)12(2)16(19)18-15-9-7-14(17)8-10-15/h7-13H,3-6H2,1-2H3,(H,18,19)/t11?,12-,13?/m1/s1. The number of carbonyl (C=O) groups excluding carboxylic acids is 1. The van der Waals surface area contributed by atoms with E-state index in [1.54, 1.807) is 12.1 Å². The fourth-order valence-corrected chi connectivity index (χ4v) is 2.79. The third-order valence-corrected chi connectivity index (χ3v) is 4.29. The molecule has 3 heteroatoms. The lowest BCUT2D eigenvalue weighted by atomic mass is 9.76. The highest BCUT2D eigenvalue weighted by Crippen LogP contribution is 2.33. The fourth-order valence-electron chi connectivity index (χ4n) is 2.79. The molecule has 1 aliphatic rings. The number of anilines is 1. The first-order chi connectivity index (χ1) is 9.06. The highest BCUT2D eigenvalue weighted by Gasteiger charge is 2.27. The Morgan fingerprint density at radius 1 is 1.21 bits per heavy atom. The van der Waals surface area contributed by atoms with Gasteiger partial charge in [0.15, 0.2) is 0 Å². The van der Waals surface area contributed by atoms with Crippen LogP contribution in [0.4, 0.5) is 10.1 Å². The van der Waals surface area contributed by atoms with Gasteiger partial charge in [-0.1, -0.05) is 26.7 Å². The summed E-state index contributed by atoms with van der Waals surface area (Å²) in [7, 11) is 0. The number of carbonyl (C=O) groups is 1. The van der Waals surface area contributed by atoms with Gasteiger partial charge in [0.25, 0.3) is 0 Å². The van der Waals surface area contributed by atoms with Crippen LogP contribution in [-0.2, 0) is 4.79 Å². The second-order valence-electron chi connectivity index (χ2n) is 5.80. The molecule has 1 atom stereocenters. The van der Waals surface area contributed by atoms with Crippen LogP contribution >= 0.6 is 0 Å². The maximum atomic E-state index is 12.8. The molecule has 0 bridgehead atoms. The van der Waals surface area contributed by atoms with E-state index in [0.717, 1.165) is 18.8 Å². The number of hydrogen-bond acceptors (Lipinski definition) is 1. The van der Waals surface area contributed by atoms with Gasteiger partial charge < -0.3 is 5.32 Å². The predicted octanol–water partition coefficient (Wildman–Crippen LogP) is 4.23. The van der Waals surface area contributed by atoms with Crippen LogP contribution in [0, 0.1) is 23.6 Å². The largest absolute Gasteiger partial charge is 0.326 e. The lowest BCUT2D eigenvalue weighted by molar-refractivity contribution is -0.121. The highest BCUT2D eigenvalue weighted by molar-refractivity contribution is 5.92. The summed E-state index contributed by atoms with van der Waals surface area (Å²) in [6, 6.07) is 5.93. The molecule has 0 radical (unpaired) electrons. The molecule has 19 heavy (non-hydrogen) atoms. The Hall–Kier alpha value is -1.38. The van der Waals surface area contributed by atoms with Crippen LogP contribution in [0.2, 0.25) is 0 Å². The molecule has 1 N–H and O–H groups in total. The van der Waals surface area contributed by atoms with Crippen molar-refractivity contribution < 1.29 is 9.18 Å². The molecule has 2 nitrogen and oxygen atoms in total. The topological polar surface area (TPSA) is 29.1 Å². The molecule has 1 aromatic rings. The smallest absolute Gasteiger partial charge is 0.227 e. The number of halogens is 1. The van der Waals surface area contributed by atoms with Gasteiger partial charge >= 0.3 is 0 Å². The van der Waals surface area contributed by atoms with Crippen LogP contribution in [0.15, 0.2) is 24.3 Å². The Bertz CT molecular complexity index is 421. The van der Waals surface area contributed by atoms with Crippen molar-refractivity contribution in [2.24, 2.45) is 17.8 Å². The molecule has 104 valence electrons. The Morgan fingerprint density at radius 3 is 2.37 bits per heavy atom. The zero-order chi connectivity index (χ0) is 13.8. The Labute approximate surface area is 114 Å². The number of nitrogens with one attached hydrogen (secondary N) is 1. The van der Waals surface area contributed by atoms with E-state index in [-0.39, 0.29) is 17.6 Å². The molecule has 0 spiro atoms. The lowest BCUT2D eigenvalue weighted by Crippen LogP contribution is -2.29. The molecular formula is C16H22FNO. The maximum absolute atomic E-state index is 12.8. The van der Waals surface area contributed by atoms with Gasteiger partial charge in [0.1, 0.15) is 5.82 Å². The minimum absolute atomic E-state index is 0.0255. The summed E-state index contributed by atoms with van der Waals surface area (Å²) in [5, 5.41) is 2.87. The third kappa shape index (κ3) is 3.79. The first-order valence-corrected chi connectivity index (χ1v) is 7.12. The maximum Gasteiger partial charge on any atom is 0.227 e. The molecule has 1 aromatic carbocycles. The molecule has 1 amide bonds. The van der Waals surface area contributed by atoms with E-state index in [2.05, 4.69) is 12.2 Å². The predicted molar refractivity (Wildman–Crippen MR) is 75.3 cm³/mol. The molecule has 0 aromatic heterocycles. The average Bonchev–Trinajstić information content (AvgIpc) is 2.41. The monoisotopic (exact) mass is 263 g/mol. The highest BCUT2D eigenvalue weighted by atomic mass is 19.1. The van der Waals surface area contributed by atoms with E-state index in [1.807, 2.05) is 6.92 Å². The summed E-state index contributed by atoms with van der Waals surface area (Å²) in [6.07, 6.45) is 4.72.